The average Bonchev–Trinajstić information content (AvgIpc) is 2.52. The molecule has 2 N–H and O–H groups in total. The molecule has 1 heterocycles. The van der Waals surface area contributed by atoms with Crippen LogP contribution in [0.4, 0.5) is 0 Å². The van der Waals surface area contributed by atoms with E-state index in [1.807, 2.05) is 42.5 Å². The summed E-state index contributed by atoms with van der Waals surface area (Å²) in [5.74, 6) is -2.51. The van der Waals surface area contributed by atoms with Gasteiger partial charge >= 0.3 is 11.9 Å². The van der Waals surface area contributed by atoms with Crippen molar-refractivity contribution in [1.82, 2.24) is 9.97 Å². The molecule has 0 aliphatic carbocycles. The molecule has 116 valence electrons. The van der Waals surface area contributed by atoms with E-state index in [2.05, 4.69) is 9.97 Å². The Morgan fingerprint density at radius 1 is 0.826 bits per heavy atom. The lowest BCUT2D eigenvalue weighted by Crippen LogP contribution is -1.91. The highest BCUT2D eigenvalue weighted by Crippen LogP contribution is 2.22. The Morgan fingerprint density at radius 3 is 1.91 bits per heavy atom. The topological polar surface area (TPSA) is 100 Å². The van der Waals surface area contributed by atoms with Gasteiger partial charge in [0.25, 0.3) is 0 Å². The number of para-hydroxylation sites is 3. The summed E-state index contributed by atoms with van der Waals surface area (Å²) >= 11 is 6.05. The highest BCUT2D eigenvalue weighted by molar-refractivity contribution is 6.35. The van der Waals surface area contributed by atoms with Crippen LogP contribution in [-0.4, -0.2) is 32.1 Å². The van der Waals surface area contributed by atoms with E-state index in [4.69, 9.17) is 21.8 Å². The monoisotopic (exact) mass is 330 g/mol. The molecule has 6 nitrogen and oxygen atoms in total. The Kier molecular flexibility index (Phi) is 5.22. The van der Waals surface area contributed by atoms with E-state index >= 15 is 0 Å². The van der Waals surface area contributed by atoms with Gasteiger partial charge in [-0.1, -0.05) is 29.8 Å². The maximum absolute atomic E-state index is 9.55. The molecule has 3 aromatic rings. The fourth-order valence-electron chi connectivity index (χ4n) is 1.75. The van der Waals surface area contributed by atoms with Crippen LogP contribution < -0.4 is 0 Å². The number of aliphatic carboxylic acids is 2. The van der Waals surface area contributed by atoms with Crippen molar-refractivity contribution >= 4 is 45.6 Å². The molecule has 0 atom stereocenters. The number of carboxylic acid groups (broad SMARTS) is 2. The Bertz CT molecular complexity index is 893. The summed E-state index contributed by atoms with van der Waals surface area (Å²) in [5, 5.41) is 16.3. The molecule has 23 heavy (non-hydrogen) atoms. The molecule has 2 aromatic carbocycles. The Hall–Kier alpha value is -2.99. The largest absolute Gasteiger partial charge is 0.478 e. The normalized spacial score (nSPS) is 10.5. The van der Waals surface area contributed by atoms with Crippen molar-refractivity contribution < 1.29 is 19.8 Å². The fraction of sp³-hybridized carbons (Fsp3) is 0. The fourth-order valence-corrected chi connectivity index (χ4v) is 1.96. The van der Waals surface area contributed by atoms with Crippen LogP contribution in [0.15, 0.2) is 54.6 Å². The van der Waals surface area contributed by atoms with Crippen molar-refractivity contribution in [3.63, 3.8) is 0 Å². The lowest BCUT2D eigenvalue weighted by atomic mass is 10.2. The predicted octanol–water partition coefficient (Wildman–Crippen LogP) is 3.15. The number of benzene rings is 2. The maximum Gasteiger partial charge on any atom is 0.328 e. The summed E-state index contributed by atoms with van der Waals surface area (Å²) in [7, 11) is 0. The van der Waals surface area contributed by atoms with E-state index in [9.17, 15) is 9.59 Å². The third-order valence-electron chi connectivity index (χ3n) is 2.69. The number of rotatable bonds is 2. The van der Waals surface area contributed by atoms with Crippen LogP contribution in [-0.2, 0) is 9.59 Å². The van der Waals surface area contributed by atoms with Crippen LogP contribution in [0.3, 0.4) is 0 Å². The van der Waals surface area contributed by atoms with Gasteiger partial charge in [0.2, 0.25) is 0 Å². The second-order valence-corrected chi connectivity index (χ2v) is 4.74. The van der Waals surface area contributed by atoms with Gasteiger partial charge in [-0.25, -0.2) is 19.6 Å². The summed E-state index contributed by atoms with van der Waals surface area (Å²) in [6.07, 6.45) is 1.12. The number of carbonyl (C=O) groups is 2. The molecule has 3 rings (SSSR count). The van der Waals surface area contributed by atoms with E-state index in [1.165, 1.54) is 0 Å². The molecule has 0 aliphatic heterocycles. The second-order valence-electron chi connectivity index (χ2n) is 4.33. The first kappa shape index (κ1) is 16.4. The number of halogens is 1. The van der Waals surface area contributed by atoms with Gasteiger partial charge in [0.05, 0.1) is 21.6 Å². The van der Waals surface area contributed by atoms with Crippen LogP contribution in [0.25, 0.3) is 22.1 Å². The lowest BCUT2D eigenvalue weighted by molar-refractivity contribution is -0.134. The second kappa shape index (κ2) is 7.33. The van der Waals surface area contributed by atoms with Gasteiger partial charge in [-0.3, -0.25) is 0 Å². The van der Waals surface area contributed by atoms with Crippen molar-refractivity contribution in [3.8, 4) is 0 Å². The summed E-state index contributed by atoms with van der Waals surface area (Å²) in [4.78, 5) is 28.1. The number of hydrogen-bond acceptors (Lipinski definition) is 4. The van der Waals surface area contributed by atoms with Gasteiger partial charge in [0.15, 0.2) is 0 Å². The Labute approximate surface area is 135 Å². The first-order valence-corrected chi connectivity index (χ1v) is 6.80. The first-order valence-electron chi connectivity index (χ1n) is 6.42. The van der Waals surface area contributed by atoms with Gasteiger partial charge in [-0.15, -0.1) is 0 Å². The number of carboxylic acids is 2. The quantitative estimate of drug-likeness (QED) is 0.553. The molecule has 0 unspecified atom stereocenters. The summed E-state index contributed by atoms with van der Waals surface area (Å²) in [6, 6.07) is 13.4. The van der Waals surface area contributed by atoms with E-state index in [1.54, 1.807) is 0 Å². The molecule has 0 bridgehead atoms. The van der Waals surface area contributed by atoms with Crippen molar-refractivity contribution in [2.75, 3.05) is 0 Å². The smallest absolute Gasteiger partial charge is 0.328 e. The van der Waals surface area contributed by atoms with Crippen molar-refractivity contribution in [2.45, 2.75) is 0 Å². The molecule has 1 aromatic heterocycles. The van der Waals surface area contributed by atoms with E-state index in [0.717, 1.165) is 22.1 Å². The van der Waals surface area contributed by atoms with Crippen molar-refractivity contribution in [1.29, 1.82) is 0 Å². The van der Waals surface area contributed by atoms with E-state index in [0.29, 0.717) is 17.2 Å². The maximum atomic E-state index is 9.55. The van der Waals surface area contributed by atoms with Gasteiger partial charge in [-0.05, 0) is 24.3 Å². The zero-order chi connectivity index (χ0) is 16.8. The number of aromatic nitrogens is 2. The van der Waals surface area contributed by atoms with Gasteiger partial charge in [0.1, 0.15) is 5.52 Å². The standard InChI is InChI=1S/C12H7ClN2.C4H4O4/c13-8-4-3-7-11-12(8)15-10-6-2-1-5-9(10)14-11;5-3(6)1-2-4(7)8/h1-7H;1-2H,(H,5,6)(H,7,8)/b;2-1-. The van der Waals surface area contributed by atoms with Crippen LogP contribution in [0.2, 0.25) is 5.02 Å². The molecule has 7 heteroatoms. The molecule has 0 saturated heterocycles. The molecule has 0 fully saturated rings. The van der Waals surface area contributed by atoms with Crippen LogP contribution in [0.5, 0.6) is 0 Å². The first-order chi connectivity index (χ1) is 11.0. The van der Waals surface area contributed by atoms with Crippen molar-refractivity contribution in [2.24, 2.45) is 0 Å². The highest BCUT2D eigenvalue weighted by Gasteiger charge is 2.03. The number of nitrogens with zero attached hydrogens (tertiary/aromatic N) is 2. The Morgan fingerprint density at radius 2 is 1.35 bits per heavy atom. The van der Waals surface area contributed by atoms with Crippen LogP contribution in [0, 0.1) is 0 Å². The van der Waals surface area contributed by atoms with Crippen LogP contribution >= 0.6 is 11.6 Å². The molecular weight excluding hydrogens is 320 g/mol. The highest BCUT2D eigenvalue weighted by atomic mass is 35.5. The minimum absolute atomic E-state index is 0.558. The van der Waals surface area contributed by atoms with Crippen LogP contribution in [0.1, 0.15) is 0 Å². The van der Waals surface area contributed by atoms with Crippen molar-refractivity contribution in [3.05, 3.63) is 59.6 Å². The number of hydrogen-bond donors (Lipinski definition) is 2. The summed E-state index contributed by atoms with van der Waals surface area (Å²) in [6.45, 7) is 0. The van der Waals surface area contributed by atoms with Gasteiger partial charge in [-0.2, -0.15) is 0 Å². The number of fused-ring (bicyclic) bond motifs is 2. The SMILES string of the molecule is Clc1cccc2nc3ccccc3nc12.O=C(O)/C=C\C(=O)O. The van der Waals surface area contributed by atoms with Gasteiger partial charge in [0, 0.05) is 12.2 Å². The molecule has 0 saturated carbocycles. The van der Waals surface area contributed by atoms with E-state index in [-0.39, 0.29) is 0 Å². The zero-order valence-electron chi connectivity index (χ0n) is 11.7. The van der Waals surface area contributed by atoms with E-state index < -0.39 is 11.9 Å². The molecular formula is C16H11ClN2O4. The third-order valence-corrected chi connectivity index (χ3v) is 2.99. The Balaban J connectivity index is 0.000000207. The zero-order valence-corrected chi connectivity index (χ0v) is 12.4. The minimum atomic E-state index is -1.26. The third kappa shape index (κ3) is 4.49. The summed E-state index contributed by atoms with van der Waals surface area (Å²) in [5.41, 5.74) is 3.37. The lowest BCUT2D eigenvalue weighted by Gasteiger charge is -2.01. The summed E-state index contributed by atoms with van der Waals surface area (Å²) < 4.78 is 0. The molecule has 0 aliphatic rings. The van der Waals surface area contributed by atoms with Gasteiger partial charge < -0.3 is 10.2 Å². The minimum Gasteiger partial charge on any atom is -0.478 e. The molecule has 0 amide bonds. The predicted molar refractivity (Wildman–Crippen MR) is 86.5 cm³/mol. The average molecular weight is 331 g/mol. The molecule has 0 spiro atoms. The molecule has 0 radical (unpaired) electrons.